The van der Waals surface area contributed by atoms with E-state index in [1.54, 1.807) is 14.2 Å². The fourth-order valence-electron chi connectivity index (χ4n) is 4.60. The van der Waals surface area contributed by atoms with E-state index in [1.807, 2.05) is 24.4 Å². The van der Waals surface area contributed by atoms with Gasteiger partial charge in [0.2, 0.25) is 0 Å². The van der Waals surface area contributed by atoms with Gasteiger partial charge in [0.1, 0.15) is 11.4 Å². The molecule has 1 atom stereocenters. The lowest BCUT2D eigenvalue weighted by Crippen LogP contribution is -2.61. The monoisotopic (exact) mass is 368 g/mol. The maximum atomic E-state index is 6.33. The molecule has 0 amide bonds. The number of ether oxygens (including phenoxy) is 3. The Hall–Kier alpha value is -2.54. The maximum Gasteiger partial charge on any atom is 0.291 e. The fourth-order valence-corrected chi connectivity index (χ4v) is 4.60. The molecule has 3 saturated heterocycles. The third-order valence-electron chi connectivity index (χ3n) is 6.07. The molecule has 7 nitrogen and oxygen atoms in total. The van der Waals surface area contributed by atoms with E-state index in [0.717, 1.165) is 23.9 Å². The molecule has 27 heavy (non-hydrogen) atoms. The Morgan fingerprint density at radius 2 is 1.85 bits per heavy atom. The molecule has 0 saturated carbocycles. The first-order valence-electron chi connectivity index (χ1n) is 9.44. The highest BCUT2D eigenvalue weighted by molar-refractivity contribution is 5.93. The van der Waals surface area contributed by atoms with Crippen LogP contribution in [0, 0.1) is 5.92 Å². The average molecular weight is 368 g/mol. The molecule has 7 heteroatoms. The Balaban J connectivity index is 1.36. The Morgan fingerprint density at radius 3 is 2.52 bits per heavy atom. The number of rotatable bonds is 3. The van der Waals surface area contributed by atoms with Gasteiger partial charge in [-0.25, -0.2) is 9.98 Å². The number of nitrogens with zero attached hydrogens (tertiary/aromatic N) is 3. The van der Waals surface area contributed by atoms with Crippen LogP contribution in [0.3, 0.4) is 0 Å². The summed E-state index contributed by atoms with van der Waals surface area (Å²) in [5.74, 6) is 2.71. The number of hydrogen-bond acceptors (Lipinski definition) is 7. The number of benzene rings is 1. The lowest BCUT2D eigenvalue weighted by molar-refractivity contribution is -0.0829. The van der Waals surface area contributed by atoms with Crippen molar-refractivity contribution in [1.82, 2.24) is 9.88 Å². The number of methoxy groups -OCH3 is 2. The number of hydrogen-bond donors (Lipinski definition) is 1. The molecule has 1 spiro atoms. The summed E-state index contributed by atoms with van der Waals surface area (Å²) in [7, 11) is 3.27. The predicted molar refractivity (Wildman–Crippen MR) is 104 cm³/mol. The average Bonchev–Trinajstić information content (AvgIpc) is 3.09. The van der Waals surface area contributed by atoms with Gasteiger partial charge >= 0.3 is 0 Å². The second kappa shape index (κ2) is 6.27. The SMILES string of the molecule is COc1cc2cnc(NC3=NC[C@@]4(CN5CCC4CC5)O3)cc2cc1OC. The standard InChI is InChI=1S/C20H24N4O3/c1-25-16-7-13-9-18(21-10-14(13)8-17(16)26-2)23-19-22-11-20(27-19)12-24-5-3-15(20)4-6-24/h7-10,15H,3-6,11-12H2,1-2H3,(H,21,22,23)/t20-/m0/s1. The Labute approximate surface area is 158 Å². The van der Waals surface area contributed by atoms with Crippen molar-refractivity contribution >= 4 is 22.6 Å². The number of anilines is 1. The van der Waals surface area contributed by atoms with E-state index in [1.165, 1.54) is 25.9 Å². The Bertz CT molecular complexity index is 907. The van der Waals surface area contributed by atoms with Crippen LogP contribution in [0.5, 0.6) is 11.5 Å². The lowest BCUT2D eigenvalue weighted by Gasteiger charge is -2.50. The fraction of sp³-hybridized carbons (Fsp3) is 0.500. The smallest absolute Gasteiger partial charge is 0.291 e. The van der Waals surface area contributed by atoms with E-state index in [9.17, 15) is 0 Å². The van der Waals surface area contributed by atoms with Gasteiger partial charge in [0.15, 0.2) is 11.5 Å². The molecule has 0 radical (unpaired) electrons. The molecular formula is C20H24N4O3. The molecule has 5 heterocycles. The van der Waals surface area contributed by atoms with Crippen molar-refractivity contribution in [3.05, 3.63) is 24.4 Å². The van der Waals surface area contributed by atoms with E-state index >= 15 is 0 Å². The van der Waals surface area contributed by atoms with Crippen LogP contribution in [-0.2, 0) is 4.74 Å². The van der Waals surface area contributed by atoms with Crippen LogP contribution in [0.2, 0.25) is 0 Å². The summed E-state index contributed by atoms with van der Waals surface area (Å²) in [6.45, 7) is 4.09. The van der Waals surface area contributed by atoms with Crippen LogP contribution in [0.4, 0.5) is 5.82 Å². The van der Waals surface area contributed by atoms with Crippen molar-refractivity contribution in [3.63, 3.8) is 0 Å². The summed E-state index contributed by atoms with van der Waals surface area (Å²) in [6.07, 6.45) is 4.23. The van der Waals surface area contributed by atoms with Crippen molar-refractivity contribution in [2.24, 2.45) is 10.9 Å². The Morgan fingerprint density at radius 1 is 1.11 bits per heavy atom. The van der Waals surface area contributed by atoms with E-state index < -0.39 is 0 Å². The van der Waals surface area contributed by atoms with Gasteiger partial charge in [-0.3, -0.25) is 10.2 Å². The number of pyridine rings is 1. The van der Waals surface area contributed by atoms with Gasteiger partial charge in [0.05, 0.1) is 20.8 Å². The summed E-state index contributed by atoms with van der Waals surface area (Å²) >= 11 is 0. The number of amidine groups is 1. The van der Waals surface area contributed by atoms with Crippen molar-refractivity contribution < 1.29 is 14.2 Å². The zero-order valence-electron chi connectivity index (χ0n) is 15.7. The summed E-state index contributed by atoms with van der Waals surface area (Å²) < 4.78 is 17.1. The minimum atomic E-state index is -0.147. The number of fused-ring (bicyclic) bond motifs is 3. The topological polar surface area (TPSA) is 68.2 Å². The summed E-state index contributed by atoms with van der Waals surface area (Å²) in [5, 5.41) is 5.26. The van der Waals surface area contributed by atoms with Crippen LogP contribution in [0.15, 0.2) is 29.4 Å². The molecule has 1 aromatic carbocycles. The molecule has 0 aliphatic carbocycles. The lowest BCUT2D eigenvalue weighted by atomic mass is 9.75. The molecule has 3 fully saturated rings. The van der Waals surface area contributed by atoms with Crippen molar-refractivity contribution in [2.45, 2.75) is 18.4 Å². The molecule has 1 aromatic heterocycles. The van der Waals surface area contributed by atoms with Gasteiger partial charge in [-0.15, -0.1) is 0 Å². The van der Waals surface area contributed by atoms with E-state index in [2.05, 4.69) is 20.2 Å². The maximum absolute atomic E-state index is 6.33. The highest BCUT2D eigenvalue weighted by atomic mass is 16.5. The van der Waals surface area contributed by atoms with Gasteiger partial charge in [-0.1, -0.05) is 0 Å². The third-order valence-corrected chi connectivity index (χ3v) is 6.07. The summed E-state index contributed by atoms with van der Waals surface area (Å²) in [5.41, 5.74) is -0.147. The molecule has 2 bridgehead atoms. The molecule has 6 rings (SSSR count). The molecule has 142 valence electrons. The summed E-state index contributed by atoms with van der Waals surface area (Å²) in [6, 6.07) is 6.44. The van der Waals surface area contributed by atoms with Crippen LogP contribution < -0.4 is 14.8 Å². The molecule has 0 unspecified atom stereocenters. The Kier molecular flexibility index (Phi) is 3.86. The molecule has 4 aliphatic heterocycles. The van der Waals surface area contributed by atoms with Crippen molar-refractivity contribution in [1.29, 1.82) is 0 Å². The minimum absolute atomic E-state index is 0.147. The number of piperidine rings is 3. The first-order valence-corrected chi connectivity index (χ1v) is 9.44. The molecule has 1 N–H and O–H groups in total. The van der Waals surface area contributed by atoms with Gasteiger partial charge < -0.3 is 14.2 Å². The number of aromatic nitrogens is 1. The minimum Gasteiger partial charge on any atom is -0.493 e. The first kappa shape index (κ1) is 16.6. The van der Waals surface area contributed by atoms with Crippen molar-refractivity contribution in [2.75, 3.05) is 45.7 Å². The number of nitrogens with one attached hydrogen (secondary N) is 1. The highest BCUT2D eigenvalue weighted by Crippen LogP contribution is 2.41. The second-order valence-corrected chi connectivity index (χ2v) is 7.59. The predicted octanol–water partition coefficient (Wildman–Crippen LogP) is 2.51. The van der Waals surface area contributed by atoms with Gasteiger partial charge in [-0.05, 0) is 49.5 Å². The van der Waals surface area contributed by atoms with Crippen LogP contribution in [0.1, 0.15) is 12.8 Å². The van der Waals surface area contributed by atoms with E-state index in [0.29, 0.717) is 29.3 Å². The second-order valence-electron chi connectivity index (χ2n) is 7.59. The van der Waals surface area contributed by atoms with Gasteiger partial charge in [0, 0.05) is 24.0 Å². The van der Waals surface area contributed by atoms with Crippen molar-refractivity contribution in [3.8, 4) is 11.5 Å². The third kappa shape index (κ3) is 2.77. The van der Waals surface area contributed by atoms with Crippen LogP contribution in [-0.4, -0.2) is 61.9 Å². The first-order chi connectivity index (χ1) is 13.2. The van der Waals surface area contributed by atoms with Crippen LogP contribution >= 0.6 is 0 Å². The highest BCUT2D eigenvalue weighted by Gasteiger charge is 2.51. The van der Waals surface area contributed by atoms with E-state index in [-0.39, 0.29) is 5.60 Å². The number of aliphatic imine (C=N–C) groups is 1. The zero-order chi connectivity index (χ0) is 18.4. The van der Waals surface area contributed by atoms with Gasteiger partial charge in [-0.2, -0.15) is 0 Å². The normalized spacial score (nSPS) is 28.9. The largest absolute Gasteiger partial charge is 0.493 e. The zero-order valence-corrected chi connectivity index (χ0v) is 15.7. The summed E-state index contributed by atoms with van der Waals surface area (Å²) in [4.78, 5) is 11.6. The van der Waals surface area contributed by atoms with E-state index in [4.69, 9.17) is 14.2 Å². The molecule has 4 aliphatic rings. The quantitative estimate of drug-likeness (QED) is 0.898. The van der Waals surface area contributed by atoms with Crippen LogP contribution in [0.25, 0.3) is 10.8 Å². The molecular weight excluding hydrogens is 344 g/mol. The molecule has 2 aromatic rings. The van der Waals surface area contributed by atoms with Gasteiger partial charge in [0.25, 0.3) is 6.02 Å².